The minimum atomic E-state index is -0.131. The number of rotatable bonds is 4. The van der Waals surface area contributed by atoms with Gasteiger partial charge in [-0.05, 0) is 33.2 Å². The van der Waals surface area contributed by atoms with Crippen LogP contribution < -0.4 is 5.32 Å². The van der Waals surface area contributed by atoms with Gasteiger partial charge in [0, 0.05) is 16.8 Å². The van der Waals surface area contributed by atoms with Crippen molar-refractivity contribution >= 4 is 17.1 Å². The van der Waals surface area contributed by atoms with E-state index in [2.05, 4.69) is 24.1 Å². The molecule has 0 saturated carbocycles. The third-order valence-corrected chi connectivity index (χ3v) is 4.97. The predicted molar refractivity (Wildman–Crippen MR) is 70.5 cm³/mol. The van der Waals surface area contributed by atoms with Gasteiger partial charge in [-0.25, -0.2) is 4.98 Å². The minimum absolute atomic E-state index is 0.131. The summed E-state index contributed by atoms with van der Waals surface area (Å²) in [5.74, 6) is 0.360. The van der Waals surface area contributed by atoms with E-state index in [0.29, 0.717) is 12.2 Å². The number of carbonyl (C=O) groups is 1. The Balaban J connectivity index is 2.10. The van der Waals surface area contributed by atoms with E-state index in [1.807, 2.05) is 6.92 Å². The lowest BCUT2D eigenvalue weighted by atomic mass is 9.79. The number of ketones is 1. The van der Waals surface area contributed by atoms with Crippen molar-refractivity contribution in [2.24, 2.45) is 5.41 Å². The highest BCUT2D eigenvalue weighted by Crippen LogP contribution is 2.32. The monoisotopic (exact) mass is 252 g/mol. The molecule has 1 saturated heterocycles. The molecule has 0 radical (unpaired) electrons. The first kappa shape index (κ1) is 12.7. The molecule has 4 heteroatoms. The number of nitrogens with zero attached hydrogens (tertiary/aromatic N) is 1. The van der Waals surface area contributed by atoms with Crippen LogP contribution in [-0.4, -0.2) is 23.9 Å². The van der Waals surface area contributed by atoms with E-state index in [-0.39, 0.29) is 5.41 Å². The maximum Gasteiger partial charge on any atom is 0.147 e. The van der Waals surface area contributed by atoms with Crippen molar-refractivity contribution in [3.63, 3.8) is 0 Å². The minimum Gasteiger partial charge on any atom is -0.316 e. The van der Waals surface area contributed by atoms with Crippen LogP contribution in [0.15, 0.2) is 0 Å². The first-order chi connectivity index (χ1) is 8.07. The van der Waals surface area contributed by atoms with Crippen LogP contribution in [-0.2, 0) is 11.2 Å². The van der Waals surface area contributed by atoms with Crippen LogP contribution in [0.2, 0.25) is 0 Å². The van der Waals surface area contributed by atoms with Gasteiger partial charge < -0.3 is 5.32 Å². The largest absolute Gasteiger partial charge is 0.316 e. The van der Waals surface area contributed by atoms with Crippen LogP contribution in [0.3, 0.4) is 0 Å². The molecule has 2 rings (SSSR count). The van der Waals surface area contributed by atoms with Gasteiger partial charge in [0.05, 0.1) is 12.1 Å². The smallest absolute Gasteiger partial charge is 0.147 e. The lowest BCUT2D eigenvalue weighted by Crippen LogP contribution is -2.34. The van der Waals surface area contributed by atoms with Gasteiger partial charge in [-0.3, -0.25) is 4.79 Å². The van der Waals surface area contributed by atoms with E-state index in [1.165, 1.54) is 4.88 Å². The Morgan fingerprint density at radius 1 is 1.53 bits per heavy atom. The fraction of sp³-hybridized carbons (Fsp3) is 0.692. The summed E-state index contributed by atoms with van der Waals surface area (Å²) in [6.07, 6.45) is 2.42. The highest BCUT2D eigenvalue weighted by Gasteiger charge is 2.39. The molecule has 1 atom stereocenters. The fourth-order valence-electron chi connectivity index (χ4n) is 2.42. The summed E-state index contributed by atoms with van der Waals surface area (Å²) < 4.78 is 0. The van der Waals surface area contributed by atoms with Gasteiger partial charge in [-0.2, -0.15) is 0 Å². The van der Waals surface area contributed by atoms with Gasteiger partial charge in [0.1, 0.15) is 10.8 Å². The molecule has 1 N–H and O–H groups in total. The van der Waals surface area contributed by atoms with Crippen molar-refractivity contribution < 1.29 is 4.79 Å². The first-order valence-electron chi connectivity index (χ1n) is 6.24. The van der Waals surface area contributed by atoms with Crippen molar-refractivity contribution in [2.75, 3.05) is 13.1 Å². The second-order valence-corrected chi connectivity index (χ2v) is 6.20. The maximum absolute atomic E-state index is 12.4. The summed E-state index contributed by atoms with van der Waals surface area (Å²) in [6.45, 7) is 7.99. The Morgan fingerprint density at radius 2 is 2.29 bits per heavy atom. The van der Waals surface area contributed by atoms with Crippen molar-refractivity contribution in [1.82, 2.24) is 10.3 Å². The molecule has 0 aromatic carbocycles. The lowest BCUT2D eigenvalue weighted by Gasteiger charge is -2.24. The van der Waals surface area contributed by atoms with Crippen LogP contribution in [0.4, 0.5) is 0 Å². The van der Waals surface area contributed by atoms with Crippen molar-refractivity contribution in [3.8, 4) is 0 Å². The zero-order valence-electron chi connectivity index (χ0n) is 10.8. The number of carbonyl (C=O) groups excluding carboxylic acids is 1. The molecule has 0 bridgehead atoms. The Bertz CT molecular complexity index is 400. The molecule has 17 heavy (non-hydrogen) atoms. The lowest BCUT2D eigenvalue weighted by molar-refractivity contribution is -0.127. The highest BCUT2D eigenvalue weighted by atomic mass is 32.1. The predicted octanol–water partition coefficient (Wildman–Crippen LogP) is 2.26. The average Bonchev–Trinajstić information content (AvgIpc) is 2.88. The molecule has 2 heterocycles. The van der Waals surface area contributed by atoms with E-state index >= 15 is 0 Å². The number of Topliss-reactive ketones (excluding diaryl/α,β-unsaturated/α-hetero) is 1. The summed E-state index contributed by atoms with van der Waals surface area (Å²) in [7, 11) is 0. The Kier molecular flexibility index (Phi) is 3.64. The summed E-state index contributed by atoms with van der Waals surface area (Å²) >= 11 is 1.66. The summed E-state index contributed by atoms with van der Waals surface area (Å²) in [5.41, 5.74) is 0.931. The zero-order chi connectivity index (χ0) is 12.5. The third kappa shape index (κ3) is 2.43. The normalized spacial score (nSPS) is 24.2. The molecular weight excluding hydrogens is 232 g/mol. The van der Waals surface area contributed by atoms with Crippen molar-refractivity contribution in [3.05, 3.63) is 15.6 Å². The molecule has 1 aliphatic heterocycles. The van der Waals surface area contributed by atoms with Gasteiger partial charge in [0.2, 0.25) is 0 Å². The summed E-state index contributed by atoms with van der Waals surface area (Å²) in [6, 6.07) is 0. The van der Waals surface area contributed by atoms with Crippen molar-refractivity contribution in [2.45, 2.75) is 40.0 Å². The quantitative estimate of drug-likeness (QED) is 0.893. The fourth-order valence-corrected chi connectivity index (χ4v) is 3.35. The van der Waals surface area contributed by atoms with Crippen LogP contribution in [0, 0.1) is 19.3 Å². The molecule has 0 aliphatic carbocycles. The van der Waals surface area contributed by atoms with Crippen LogP contribution in [0.1, 0.15) is 35.3 Å². The van der Waals surface area contributed by atoms with Gasteiger partial charge >= 0.3 is 0 Å². The summed E-state index contributed by atoms with van der Waals surface area (Å²) in [5, 5.41) is 4.29. The van der Waals surface area contributed by atoms with Crippen LogP contribution >= 0.6 is 11.3 Å². The number of aromatic nitrogens is 1. The highest BCUT2D eigenvalue weighted by molar-refractivity contribution is 7.11. The molecule has 1 aliphatic rings. The molecule has 0 spiro atoms. The maximum atomic E-state index is 12.4. The Labute approximate surface area is 107 Å². The molecule has 3 nitrogen and oxygen atoms in total. The van der Waals surface area contributed by atoms with Gasteiger partial charge in [-0.1, -0.05) is 6.92 Å². The van der Waals surface area contributed by atoms with Gasteiger partial charge in [0.15, 0.2) is 0 Å². The molecule has 1 aromatic rings. The summed E-state index contributed by atoms with van der Waals surface area (Å²) in [4.78, 5) is 18.1. The van der Waals surface area contributed by atoms with E-state index in [0.717, 1.165) is 36.6 Å². The van der Waals surface area contributed by atoms with Gasteiger partial charge in [0.25, 0.3) is 0 Å². The average molecular weight is 252 g/mol. The second-order valence-electron chi connectivity index (χ2n) is 4.91. The molecular formula is C13H20N2OS. The second kappa shape index (κ2) is 4.86. The third-order valence-electron chi connectivity index (χ3n) is 3.90. The van der Waals surface area contributed by atoms with E-state index in [4.69, 9.17) is 0 Å². The standard InChI is InChI=1S/C13H20N2OS/c1-4-13(5-6-14-8-13)11(16)7-12-15-9(2)10(3)17-12/h14H,4-8H2,1-3H3. The van der Waals surface area contributed by atoms with Crippen LogP contribution in [0.5, 0.6) is 0 Å². The number of nitrogens with one attached hydrogen (secondary N) is 1. The Hall–Kier alpha value is -0.740. The molecule has 0 amide bonds. The van der Waals surface area contributed by atoms with E-state index < -0.39 is 0 Å². The van der Waals surface area contributed by atoms with Crippen LogP contribution in [0.25, 0.3) is 0 Å². The number of hydrogen-bond donors (Lipinski definition) is 1. The van der Waals surface area contributed by atoms with E-state index in [1.54, 1.807) is 11.3 Å². The molecule has 1 unspecified atom stereocenters. The topological polar surface area (TPSA) is 42.0 Å². The van der Waals surface area contributed by atoms with Crippen molar-refractivity contribution in [1.29, 1.82) is 0 Å². The molecule has 1 fully saturated rings. The van der Waals surface area contributed by atoms with Gasteiger partial charge in [-0.15, -0.1) is 11.3 Å². The number of thiazole rings is 1. The Morgan fingerprint density at radius 3 is 2.76 bits per heavy atom. The van der Waals surface area contributed by atoms with E-state index in [9.17, 15) is 4.79 Å². The SMILES string of the molecule is CCC1(C(=O)Cc2nc(C)c(C)s2)CCNC1. The first-order valence-corrected chi connectivity index (χ1v) is 7.06. The number of aryl methyl sites for hydroxylation is 2. The molecule has 1 aromatic heterocycles. The number of hydrogen-bond acceptors (Lipinski definition) is 4. The molecule has 94 valence electrons. The zero-order valence-corrected chi connectivity index (χ0v) is 11.6.